The van der Waals surface area contributed by atoms with Gasteiger partial charge in [0, 0.05) is 23.3 Å². The highest BCUT2D eigenvalue weighted by Crippen LogP contribution is 2.43. The highest BCUT2D eigenvalue weighted by atomic mass is 32.2. The molecular weight excluding hydrogens is 278 g/mol. The van der Waals surface area contributed by atoms with Crippen molar-refractivity contribution in [2.24, 2.45) is 0 Å². The van der Waals surface area contributed by atoms with Crippen LogP contribution in [0.4, 0.5) is 0 Å². The van der Waals surface area contributed by atoms with E-state index >= 15 is 0 Å². The monoisotopic (exact) mass is 299 g/mol. The number of nitrogens with one attached hydrogen (secondary N) is 1. The van der Waals surface area contributed by atoms with E-state index in [1.807, 2.05) is 11.8 Å². The summed E-state index contributed by atoms with van der Waals surface area (Å²) in [5.74, 6) is 4.62. The van der Waals surface area contributed by atoms with E-state index in [1.54, 1.807) is 0 Å². The molecule has 3 rings (SSSR count). The van der Waals surface area contributed by atoms with E-state index in [-0.39, 0.29) is 0 Å². The van der Waals surface area contributed by atoms with Crippen LogP contribution in [-0.2, 0) is 0 Å². The third-order valence-corrected chi connectivity index (χ3v) is 7.05. The molecule has 0 radical (unpaired) electrons. The Hall–Kier alpha value is -0.200. The maximum absolute atomic E-state index is 5.53. The van der Waals surface area contributed by atoms with Gasteiger partial charge in [-0.15, -0.1) is 11.8 Å². The Bertz CT molecular complexity index is 406. The first-order chi connectivity index (χ1) is 9.38. The molecule has 2 fully saturated rings. The Morgan fingerprint density at radius 2 is 2.26 bits per heavy atom. The second-order valence-electron chi connectivity index (χ2n) is 5.14. The summed E-state index contributed by atoms with van der Waals surface area (Å²) in [6.45, 7) is 4.35. The minimum Gasteiger partial charge on any atom is -0.339 e. The van der Waals surface area contributed by atoms with Crippen LogP contribution in [0.1, 0.15) is 49.1 Å². The third-order valence-electron chi connectivity index (χ3n) is 3.81. The predicted octanol–water partition coefficient (Wildman–Crippen LogP) is 2.84. The summed E-state index contributed by atoms with van der Waals surface area (Å²) in [5, 5.41) is 8.72. The summed E-state index contributed by atoms with van der Waals surface area (Å²) in [5.41, 5.74) is 0. The normalized spacial score (nSPS) is 32.4. The standard InChI is InChI=1S/C13H21N3OS2/c1-2-10-11(19-7-6-18-10)12-15-13(17-16-12)9-4-3-5-14-8-9/h9-11,14H,2-8H2,1H3. The summed E-state index contributed by atoms with van der Waals surface area (Å²) in [6.07, 6.45) is 3.55. The lowest BCUT2D eigenvalue weighted by Crippen LogP contribution is -2.28. The van der Waals surface area contributed by atoms with Crippen molar-refractivity contribution in [3.63, 3.8) is 0 Å². The van der Waals surface area contributed by atoms with Crippen molar-refractivity contribution in [3.05, 3.63) is 11.7 Å². The second-order valence-corrected chi connectivity index (χ2v) is 7.74. The number of piperidine rings is 1. The minimum atomic E-state index is 0.413. The molecule has 2 saturated heterocycles. The number of aromatic nitrogens is 2. The Balaban J connectivity index is 1.72. The summed E-state index contributed by atoms with van der Waals surface area (Å²) in [7, 11) is 0. The van der Waals surface area contributed by atoms with Gasteiger partial charge in [-0.25, -0.2) is 0 Å². The van der Waals surface area contributed by atoms with E-state index < -0.39 is 0 Å². The Kier molecular flexibility index (Phi) is 4.71. The fourth-order valence-electron chi connectivity index (χ4n) is 2.73. The van der Waals surface area contributed by atoms with Crippen molar-refractivity contribution in [3.8, 4) is 0 Å². The van der Waals surface area contributed by atoms with Gasteiger partial charge in [0.25, 0.3) is 0 Å². The van der Waals surface area contributed by atoms with Gasteiger partial charge in [0.1, 0.15) is 0 Å². The zero-order valence-electron chi connectivity index (χ0n) is 11.3. The fourth-order valence-corrected chi connectivity index (χ4v) is 5.72. The van der Waals surface area contributed by atoms with Gasteiger partial charge in [-0.3, -0.25) is 0 Å². The molecule has 0 aromatic carbocycles. The minimum absolute atomic E-state index is 0.413. The largest absolute Gasteiger partial charge is 0.339 e. The fraction of sp³-hybridized carbons (Fsp3) is 0.846. The van der Waals surface area contributed by atoms with Crippen molar-refractivity contribution < 1.29 is 4.52 Å². The van der Waals surface area contributed by atoms with Crippen LogP contribution in [0.15, 0.2) is 4.52 Å². The Morgan fingerprint density at radius 1 is 1.37 bits per heavy atom. The lowest BCUT2D eigenvalue weighted by Gasteiger charge is -2.27. The number of nitrogens with zero attached hydrogens (tertiary/aromatic N) is 2. The average molecular weight is 299 g/mol. The van der Waals surface area contributed by atoms with Crippen molar-refractivity contribution >= 4 is 23.5 Å². The summed E-state index contributed by atoms with van der Waals surface area (Å²) in [6, 6.07) is 0. The molecule has 106 valence electrons. The van der Waals surface area contributed by atoms with E-state index in [2.05, 4.69) is 29.2 Å². The van der Waals surface area contributed by atoms with Crippen molar-refractivity contribution in [2.75, 3.05) is 24.6 Å². The van der Waals surface area contributed by atoms with Crippen molar-refractivity contribution in [1.29, 1.82) is 0 Å². The highest BCUT2D eigenvalue weighted by Gasteiger charge is 2.31. The average Bonchev–Trinajstić information content (AvgIpc) is 2.98. The first-order valence-corrected chi connectivity index (χ1v) is 9.25. The van der Waals surface area contributed by atoms with Gasteiger partial charge in [-0.2, -0.15) is 16.7 Å². The molecule has 0 amide bonds. The van der Waals surface area contributed by atoms with Crippen LogP contribution in [0.25, 0.3) is 0 Å². The van der Waals surface area contributed by atoms with Crippen LogP contribution < -0.4 is 5.32 Å². The Labute approximate surface area is 122 Å². The van der Waals surface area contributed by atoms with Crippen LogP contribution in [0.5, 0.6) is 0 Å². The molecule has 3 heterocycles. The summed E-state index contributed by atoms with van der Waals surface area (Å²) < 4.78 is 5.53. The van der Waals surface area contributed by atoms with E-state index in [0.717, 1.165) is 24.8 Å². The quantitative estimate of drug-likeness (QED) is 0.926. The molecule has 0 aliphatic carbocycles. The lowest BCUT2D eigenvalue weighted by molar-refractivity contribution is 0.320. The molecule has 0 spiro atoms. The first kappa shape index (κ1) is 13.8. The predicted molar refractivity (Wildman–Crippen MR) is 80.9 cm³/mol. The Morgan fingerprint density at radius 3 is 3.05 bits per heavy atom. The third kappa shape index (κ3) is 3.11. The van der Waals surface area contributed by atoms with Crippen LogP contribution in [0.2, 0.25) is 0 Å². The molecule has 3 unspecified atom stereocenters. The molecule has 1 N–H and O–H groups in total. The van der Waals surface area contributed by atoms with E-state index in [9.17, 15) is 0 Å². The number of hydrogen-bond donors (Lipinski definition) is 1. The van der Waals surface area contributed by atoms with Crippen LogP contribution in [-0.4, -0.2) is 40.0 Å². The molecule has 1 aromatic rings. The molecule has 4 nitrogen and oxygen atoms in total. The van der Waals surface area contributed by atoms with Gasteiger partial charge < -0.3 is 9.84 Å². The lowest BCUT2D eigenvalue weighted by atomic mass is 10.00. The molecule has 0 bridgehead atoms. The van der Waals surface area contributed by atoms with Gasteiger partial charge in [0.2, 0.25) is 5.89 Å². The maximum Gasteiger partial charge on any atom is 0.231 e. The molecular formula is C13H21N3OS2. The topological polar surface area (TPSA) is 51.0 Å². The molecule has 0 saturated carbocycles. The van der Waals surface area contributed by atoms with Gasteiger partial charge >= 0.3 is 0 Å². The number of rotatable bonds is 3. The van der Waals surface area contributed by atoms with E-state index in [1.165, 1.54) is 30.8 Å². The molecule has 2 aliphatic rings. The van der Waals surface area contributed by atoms with Gasteiger partial charge in [0.15, 0.2) is 5.82 Å². The van der Waals surface area contributed by atoms with Gasteiger partial charge in [0.05, 0.1) is 11.2 Å². The van der Waals surface area contributed by atoms with Gasteiger partial charge in [-0.05, 0) is 25.8 Å². The van der Waals surface area contributed by atoms with Crippen molar-refractivity contribution in [2.45, 2.75) is 42.6 Å². The number of hydrogen-bond acceptors (Lipinski definition) is 6. The smallest absolute Gasteiger partial charge is 0.231 e. The highest BCUT2D eigenvalue weighted by molar-refractivity contribution is 8.06. The van der Waals surface area contributed by atoms with Crippen LogP contribution in [0, 0.1) is 0 Å². The molecule has 1 aromatic heterocycles. The molecule has 3 atom stereocenters. The molecule has 19 heavy (non-hydrogen) atoms. The molecule has 2 aliphatic heterocycles. The van der Waals surface area contributed by atoms with E-state index in [0.29, 0.717) is 16.4 Å². The van der Waals surface area contributed by atoms with Crippen molar-refractivity contribution in [1.82, 2.24) is 15.5 Å². The second kappa shape index (κ2) is 6.50. The first-order valence-electron chi connectivity index (χ1n) is 7.16. The van der Waals surface area contributed by atoms with E-state index in [4.69, 9.17) is 9.51 Å². The summed E-state index contributed by atoms with van der Waals surface area (Å²) in [4.78, 5) is 4.70. The number of thioether (sulfide) groups is 2. The SMILES string of the molecule is CCC1SCCSC1c1noc(C2CCCNC2)n1. The zero-order chi connectivity index (χ0) is 13.1. The zero-order valence-corrected chi connectivity index (χ0v) is 12.9. The molecule has 6 heteroatoms. The van der Waals surface area contributed by atoms with Gasteiger partial charge in [-0.1, -0.05) is 12.1 Å². The summed E-state index contributed by atoms with van der Waals surface area (Å²) >= 11 is 4.04. The maximum atomic E-state index is 5.53. The van der Waals surface area contributed by atoms with Crippen LogP contribution >= 0.6 is 23.5 Å². The van der Waals surface area contributed by atoms with Crippen LogP contribution in [0.3, 0.4) is 0 Å².